The minimum atomic E-state index is -0.569. The summed E-state index contributed by atoms with van der Waals surface area (Å²) in [6, 6.07) is 7.82. The summed E-state index contributed by atoms with van der Waals surface area (Å²) in [7, 11) is 4.01. The van der Waals surface area contributed by atoms with Gasteiger partial charge in [0.15, 0.2) is 0 Å². The van der Waals surface area contributed by atoms with Gasteiger partial charge in [-0.1, -0.05) is 24.3 Å². The quantitative estimate of drug-likeness (QED) is 0.562. The first-order chi connectivity index (χ1) is 9.51. The van der Waals surface area contributed by atoms with Crippen LogP contribution in [0.15, 0.2) is 24.3 Å². The highest BCUT2D eigenvalue weighted by atomic mass is 16.6. The molecule has 1 rings (SSSR count). The first kappa shape index (κ1) is 16.2. The summed E-state index contributed by atoms with van der Waals surface area (Å²) in [6.07, 6.45) is -0.341. The monoisotopic (exact) mass is 279 g/mol. The second-order valence-corrected chi connectivity index (χ2v) is 4.70. The van der Waals surface area contributed by atoms with E-state index >= 15 is 0 Å². The zero-order chi connectivity index (χ0) is 15.0. The molecule has 0 aromatic heterocycles. The van der Waals surface area contributed by atoms with E-state index in [9.17, 15) is 9.59 Å². The van der Waals surface area contributed by atoms with Gasteiger partial charge < -0.3 is 14.4 Å². The van der Waals surface area contributed by atoms with Crippen molar-refractivity contribution in [3.63, 3.8) is 0 Å². The SMILES string of the molecule is CCOC(=O)CC(=O)OCc1ccc(CN(C)C)cc1. The fourth-order valence-corrected chi connectivity index (χ4v) is 1.65. The van der Waals surface area contributed by atoms with Gasteiger partial charge in [-0.25, -0.2) is 0 Å². The zero-order valence-corrected chi connectivity index (χ0v) is 12.2. The molecule has 20 heavy (non-hydrogen) atoms. The van der Waals surface area contributed by atoms with Crippen molar-refractivity contribution < 1.29 is 19.1 Å². The maximum Gasteiger partial charge on any atom is 0.317 e. The molecule has 0 radical (unpaired) electrons. The third-order valence-corrected chi connectivity index (χ3v) is 2.52. The summed E-state index contributed by atoms with van der Waals surface area (Å²) in [4.78, 5) is 24.5. The molecule has 0 bridgehead atoms. The highest BCUT2D eigenvalue weighted by Gasteiger charge is 2.11. The van der Waals surface area contributed by atoms with Gasteiger partial charge in [-0.05, 0) is 32.1 Å². The molecule has 0 aliphatic heterocycles. The molecule has 0 aliphatic rings. The number of ether oxygens (including phenoxy) is 2. The van der Waals surface area contributed by atoms with E-state index in [-0.39, 0.29) is 19.6 Å². The summed E-state index contributed by atoms with van der Waals surface area (Å²) in [5, 5.41) is 0. The Morgan fingerprint density at radius 2 is 1.55 bits per heavy atom. The van der Waals surface area contributed by atoms with Gasteiger partial charge in [-0.3, -0.25) is 9.59 Å². The lowest BCUT2D eigenvalue weighted by Gasteiger charge is -2.10. The lowest BCUT2D eigenvalue weighted by molar-refractivity contribution is -0.155. The minimum absolute atomic E-state index is 0.167. The first-order valence-corrected chi connectivity index (χ1v) is 6.55. The molecular weight excluding hydrogens is 258 g/mol. The second kappa shape index (κ2) is 8.32. The van der Waals surface area contributed by atoms with Crippen molar-refractivity contribution in [2.45, 2.75) is 26.5 Å². The summed E-state index contributed by atoms with van der Waals surface area (Å²) < 4.78 is 9.69. The van der Waals surface area contributed by atoms with Crippen LogP contribution in [-0.2, 0) is 32.2 Å². The Kier molecular flexibility index (Phi) is 6.73. The van der Waals surface area contributed by atoms with Crippen molar-refractivity contribution >= 4 is 11.9 Å². The van der Waals surface area contributed by atoms with Gasteiger partial charge in [0, 0.05) is 6.54 Å². The third kappa shape index (κ3) is 6.33. The highest BCUT2D eigenvalue weighted by molar-refractivity contribution is 5.91. The van der Waals surface area contributed by atoms with E-state index in [4.69, 9.17) is 4.74 Å². The first-order valence-electron chi connectivity index (χ1n) is 6.55. The Balaban J connectivity index is 2.38. The average Bonchev–Trinajstić information content (AvgIpc) is 2.37. The van der Waals surface area contributed by atoms with Gasteiger partial charge >= 0.3 is 11.9 Å². The fraction of sp³-hybridized carbons (Fsp3) is 0.467. The van der Waals surface area contributed by atoms with E-state index in [1.807, 2.05) is 38.4 Å². The molecular formula is C15H21NO4. The smallest absolute Gasteiger partial charge is 0.317 e. The Morgan fingerprint density at radius 1 is 1.00 bits per heavy atom. The second-order valence-electron chi connectivity index (χ2n) is 4.70. The molecule has 0 fully saturated rings. The molecule has 0 atom stereocenters. The minimum Gasteiger partial charge on any atom is -0.466 e. The van der Waals surface area contributed by atoms with Crippen molar-refractivity contribution in [3.8, 4) is 0 Å². The van der Waals surface area contributed by atoms with Crippen molar-refractivity contribution in [3.05, 3.63) is 35.4 Å². The van der Waals surface area contributed by atoms with Gasteiger partial charge in [-0.15, -0.1) is 0 Å². The van der Waals surface area contributed by atoms with Crippen LogP contribution in [0, 0.1) is 0 Å². The maximum atomic E-state index is 11.4. The predicted molar refractivity (Wildman–Crippen MR) is 74.9 cm³/mol. The van der Waals surface area contributed by atoms with E-state index < -0.39 is 11.9 Å². The van der Waals surface area contributed by atoms with Crippen LogP contribution in [0.3, 0.4) is 0 Å². The molecule has 0 unspecified atom stereocenters. The molecule has 0 heterocycles. The normalized spacial score (nSPS) is 10.4. The van der Waals surface area contributed by atoms with E-state index in [1.54, 1.807) is 6.92 Å². The number of benzene rings is 1. The molecule has 5 heteroatoms. The van der Waals surface area contributed by atoms with Gasteiger partial charge in [0.1, 0.15) is 13.0 Å². The summed E-state index contributed by atoms with van der Waals surface area (Å²) in [5.74, 6) is -1.13. The van der Waals surface area contributed by atoms with Crippen LogP contribution in [0.5, 0.6) is 0 Å². The average molecular weight is 279 g/mol. The van der Waals surface area contributed by atoms with E-state index in [1.165, 1.54) is 5.56 Å². The van der Waals surface area contributed by atoms with Crippen molar-refractivity contribution in [2.75, 3.05) is 20.7 Å². The number of esters is 2. The van der Waals surface area contributed by atoms with Crippen molar-refractivity contribution in [1.29, 1.82) is 0 Å². The summed E-state index contributed by atoms with van der Waals surface area (Å²) in [5.41, 5.74) is 2.08. The molecule has 5 nitrogen and oxygen atoms in total. The van der Waals surface area contributed by atoms with Crippen LogP contribution in [0.25, 0.3) is 0 Å². The molecule has 0 spiro atoms. The molecule has 0 amide bonds. The van der Waals surface area contributed by atoms with Crippen LogP contribution in [0.2, 0.25) is 0 Å². The lowest BCUT2D eigenvalue weighted by Crippen LogP contribution is -2.13. The van der Waals surface area contributed by atoms with Crippen LogP contribution in [0.4, 0.5) is 0 Å². The largest absolute Gasteiger partial charge is 0.466 e. The van der Waals surface area contributed by atoms with Gasteiger partial charge in [0.2, 0.25) is 0 Å². The van der Waals surface area contributed by atoms with Crippen LogP contribution in [0.1, 0.15) is 24.5 Å². The highest BCUT2D eigenvalue weighted by Crippen LogP contribution is 2.08. The Bertz CT molecular complexity index is 440. The number of carbonyl (C=O) groups is 2. The molecule has 0 N–H and O–H groups in total. The van der Waals surface area contributed by atoms with Gasteiger partial charge in [-0.2, -0.15) is 0 Å². The lowest BCUT2D eigenvalue weighted by atomic mass is 10.1. The molecule has 1 aromatic rings. The van der Waals surface area contributed by atoms with Gasteiger partial charge in [0.25, 0.3) is 0 Å². The molecule has 0 aliphatic carbocycles. The number of hydrogen-bond donors (Lipinski definition) is 0. The molecule has 1 aromatic carbocycles. The van der Waals surface area contributed by atoms with E-state index in [0.717, 1.165) is 12.1 Å². The Morgan fingerprint density at radius 3 is 2.10 bits per heavy atom. The van der Waals surface area contributed by atoms with Crippen LogP contribution >= 0.6 is 0 Å². The number of hydrogen-bond acceptors (Lipinski definition) is 5. The maximum absolute atomic E-state index is 11.4. The molecule has 0 saturated carbocycles. The van der Waals surface area contributed by atoms with E-state index in [0.29, 0.717) is 0 Å². The molecule has 110 valence electrons. The standard InChI is InChI=1S/C15H21NO4/c1-4-19-14(17)9-15(18)20-11-13-7-5-12(6-8-13)10-16(2)3/h5-8H,4,9-11H2,1-3H3. The van der Waals surface area contributed by atoms with Crippen LogP contribution in [-0.4, -0.2) is 37.5 Å². The summed E-state index contributed by atoms with van der Waals surface area (Å²) >= 11 is 0. The van der Waals surface area contributed by atoms with E-state index in [2.05, 4.69) is 9.64 Å². The zero-order valence-electron chi connectivity index (χ0n) is 12.2. The topological polar surface area (TPSA) is 55.8 Å². The number of nitrogens with zero attached hydrogens (tertiary/aromatic N) is 1. The van der Waals surface area contributed by atoms with Crippen molar-refractivity contribution in [1.82, 2.24) is 4.90 Å². The predicted octanol–water partition coefficient (Wildman–Crippen LogP) is 1.74. The number of rotatable bonds is 7. The van der Waals surface area contributed by atoms with Crippen molar-refractivity contribution in [2.24, 2.45) is 0 Å². The third-order valence-electron chi connectivity index (χ3n) is 2.52. The van der Waals surface area contributed by atoms with Crippen LogP contribution < -0.4 is 0 Å². The van der Waals surface area contributed by atoms with Gasteiger partial charge in [0.05, 0.1) is 6.61 Å². The summed E-state index contributed by atoms with van der Waals surface area (Å²) in [6.45, 7) is 2.99. The Hall–Kier alpha value is -1.88. The number of carbonyl (C=O) groups excluding carboxylic acids is 2. The fourth-order valence-electron chi connectivity index (χ4n) is 1.65. The molecule has 0 saturated heterocycles. The Labute approximate surface area is 119 Å².